The largest absolute Gasteiger partial charge is 0.311 e. The van der Waals surface area contributed by atoms with Gasteiger partial charge in [0, 0.05) is 6.21 Å². The number of hydroxylamine groups is 1. The number of hydrogen-bond acceptors (Lipinski definition) is 3. The normalized spacial score (nSPS) is 30.6. The van der Waals surface area contributed by atoms with Gasteiger partial charge in [0.05, 0.1) is 12.6 Å². The van der Waals surface area contributed by atoms with Crippen molar-refractivity contribution >= 4 is 6.21 Å². The molecule has 40 valence electrons. The van der Waals surface area contributed by atoms with E-state index in [4.69, 9.17) is 10.2 Å². The zero-order chi connectivity index (χ0) is 5.11. The smallest absolute Gasteiger partial charge is 0.0701 e. The Morgan fingerprint density at radius 3 is 3.00 bits per heavy atom. The molecule has 1 atom stereocenters. The first-order valence-corrected chi connectivity index (χ1v) is 2.31. The van der Waals surface area contributed by atoms with Crippen molar-refractivity contribution in [2.45, 2.75) is 12.5 Å². The lowest BCUT2D eigenvalue weighted by Gasteiger charge is -1.94. The van der Waals surface area contributed by atoms with E-state index in [-0.39, 0.29) is 6.04 Å². The van der Waals surface area contributed by atoms with Crippen LogP contribution in [0, 0.1) is 5.41 Å². The molecule has 1 aliphatic heterocycles. The predicted octanol–water partition coefficient (Wildman–Crippen LogP) is -0.0705. The molecule has 0 spiro atoms. The molecule has 7 heavy (non-hydrogen) atoms. The minimum atomic E-state index is 0.167. The molecule has 1 rings (SSSR count). The minimum absolute atomic E-state index is 0.167. The summed E-state index contributed by atoms with van der Waals surface area (Å²) in [6, 6.07) is 0.167. The minimum Gasteiger partial charge on any atom is -0.311 e. The van der Waals surface area contributed by atoms with Gasteiger partial charge in [-0.2, -0.15) is 5.48 Å². The van der Waals surface area contributed by atoms with Crippen LogP contribution in [0.3, 0.4) is 0 Å². The van der Waals surface area contributed by atoms with Crippen LogP contribution in [0.4, 0.5) is 0 Å². The molecule has 0 radical (unpaired) electrons. The van der Waals surface area contributed by atoms with Gasteiger partial charge in [-0.3, -0.25) is 0 Å². The monoisotopic (exact) mass is 100 g/mol. The first kappa shape index (κ1) is 4.74. The average Bonchev–Trinajstić information content (AvgIpc) is 2.14. The third-order valence-corrected chi connectivity index (χ3v) is 0.967. The molecule has 2 N–H and O–H groups in total. The van der Waals surface area contributed by atoms with Crippen molar-refractivity contribution in [1.82, 2.24) is 5.48 Å². The Kier molecular flexibility index (Phi) is 1.38. The molecule has 1 saturated heterocycles. The topological polar surface area (TPSA) is 45.1 Å². The Balaban J connectivity index is 2.26. The van der Waals surface area contributed by atoms with Gasteiger partial charge in [-0.05, 0) is 6.42 Å². The van der Waals surface area contributed by atoms with Crippen LogP contribution in [-0.4, -0.2) is 18.9 Å². The summed E-state index contributed by atoms with van der Waals surface area (Å²) < 4.78 is 0. The van der Waals surface area contributed by atoms with Gasteiger partial charge in [0.1, 0.15) is 0 Å². The fourth-order valence-electron chi connectivity index (χ4n) is 0.528. The molecule has 3 nitrogen and oxygen atoms in total. The number of hydrogen-bond donors (Lipinski definition) is 2. The Labute approximate surface area is 42.1 Å². The third kappa shape index (κ3) is 0.976. The quantitative estimate of drug-likeness (QED) is 0.453. The molecule has 0 amide bonds. The van der Waals surface area contributed by atoms with E-state index in [1.165, 1.54) is 6.21 Å². The van der Waals surface area contributed by atoms with E-state index < -0.39 is 0 Å². The molecule has 0 aliphatic carbocycles. The molecule has 0 bridgehead atoms. The van der Waals surface area contributed by atoms with E-state index in [9.17, 15) is 0 Å². The zero-order valence-electron chi connectivity index (χ0n) is 3.98. The van der Waals surface area contributed by atoms with Crippen LogP contribution in [0.5, 0.6) is 0 Å². The molecule has 1 aliphatic rings. The van der Waals surface area contributed by atoms with Crippen LogP contribution in [-0.2, 0) is 4.84 Å². The van der Waals surface area contributed by atoms with Gasteiger partial charge < -0.3 is 10.2 Å². The fraction of sp³-hybridized carbons (Fsp3) is 0.750. The van der Waals surface area contributed by atoms with Crippen molar-refractivity contribution in [1.29, 1.82) is 5.41 Å². The van der Waals surface area contributed by atoms with Crippen LogP contribution >= 0.6 is 0 Å². The van der Waals surface area contributed by atoms with Gasteiger partial charge in [0.25, 0.3) is 0 Å². The van der Waals surface area contributed by atoms with E-state index in [2.05, 4.69) is 5.48 Å². The average molecular weight is 100 g/mol. The first-order chi connectivity index (χ1) is 3.43. The lowest BCUT2D eigenvalue weighted by atomic mass is 10.3. The highest BCUT2D eigenvalue weighted by Gasteiger charge is 2.09. The fourth-order valence-corrected chi connectivity index (χ4v) is 0.528. The Bertz CT molecular complexity index is 68.1. The van der Waals surface area contributed by atoms with Crippen molar-refractivity contribution in [3.05, 3.63) is 0 Å². The zero-order valence-corrected chi connectivity index (χ0v) is 3.98. The molecular weight excluding hydrogens is 92.1 g/mol. The summed E-state index contributed by atoms with van der Waals surface area (Å²) in [6.07, 6.45) is 2.29. The predicted molar refractivity (Wildman–Crippen MR) is 26.3 cm³/mol. The molecule has 0 saturated carbocycles. The number of rotatable bonds is 1. The standard InChI is InChI=1S/C4H8N2O/c5-3-4-1-2-7-6-4/h3-6H,1-2H2. The Morgan fingerprint density at radius 1 is 1.86 bits per heavy atom. The maximum Gasteiger partial charge on any atom is 0.0701 e. The SMILES string of the molecule is N=CC1CCON1. The Hall–Kier alpha value is -0.410. The van der Waals surface area contributed by atoms with Crippen LogP contribution in [0.2, 0.25) is 0 Å². The second-order valence-corrected chi connectivity index (χ2v) is 1.53. The molecule has 1 fully saturated rings. The van der Waals surface area contributed by atoms with Crippen LogP contribution < -0.4 is 5.48 Å². The summed E-state index contributed by atoms with van der Waals surface area (Å²) in [5.74, 6) is 0. The summed E-state index contributed by atoms with van der Waals surface area (Å²) >= 11 is 0. The van der Waals surface area contributed by atoms with E-state index in [1.807, 2.05) is 0 Å². The first-order valence-electron chi connectivity index (χ1n) is 2.31. The van der Waals surface area contributed by atoms with Gasteiger partial charge in [0.15, 0.2) is 0 Å². The highest BCUT2D eigenvalue weighted by molar-refractivity contribution is 5.60. The highest BCUT2D eigenvalue weighted by atomic mass is 16.7. The van der Waals surface area contributed by atoms with E-state index in [0.717, 1.165) is 13.0 Å². The highest BCUT2D eigenvalue weighted by Crippen LogP contribution is 1.95. The summed E-state index contributed by atoms with van der Waals surface area (Å²) in [5.41, 5.74) is 2.66. The second kappa shape index (κ2) is 2.04. The van der Waals surface area contributed by atoms with Crippen LogP contribution in [0.1, 0.15) is 6.42 Å². The third-order valence-electron chi connectivity index (χ3n) is 0.967. The van der Waals surface area contributed by atoms with E-state index in [1.54, 1.807) is 0 Å². The maximum atomic E-state index is 6.73. The lowest BCUT2D eigenvalue weighted by molar-refractivity contribution is 0.0970. The van der Waals surface area contributed by atoms with Crippen molar-refractivity contribution in [3.8, 4) is 0 Å². The van der Waals surface area contributed by atoms with Gasteiger partial charge in [-0.1, -0.05) is 0 Å². The number of nitrogens with one attached hydrogen (secondary N) is 2. The molecular formula is C4H8N2O. The lowest BCUT2D eigenvalue weighted by Crippen LogP contribution is -2.20. The van der Waals surface area contributed by atoms with E-state index >= 15 is 0 Å². The van der Waals surface area contributed by atoms with Crippen molar-refractivity contribution < 1.29 is 4.84 Å². The molecule has 1 unspecified atom stereocenters. The molecule has 1 heterocycles. The second-order valence-electron chi connectivity index (χ2n) is 1.53. The van der Waals surface area contributed by atoms with Gasteiger partial charge in [0.2, 0.25) is 0 Å². The molecule has 0 aromatic carbocycles. The summed E-state index contributed by atoms with van der Waals surface area (Å²) in [4.78, 5) is 4.75. The molecule has 0 aromatic rings. The van der Waals surface area contributed by atoms with E-state index in [0.29, 0.717) is 0 Å². The van der Waals surface area contributed by atoms with Gasteiger partial charge in [-0.25, -0.2) is 0 Å². The maximum absolute atomic E-state index is 6.73. The molecule has 0 aromatic heterocycles. The molecule has 3 heteroatoms. The van der Waals surface area contributed by atoms with Gasteiger partial charge in [-0.15, -0.1) is 0 Å². The summed E-state index contributed by atoms with van der Waals surface area (Å²) in [7, 11) is 0. The van der Waals surface area contributed by atoms with Crippen molar-refractivity contribution in [2.75, 3.05) is 6.61 Å². The van der Waals surface area contributed by atoms with Gasteiger partial charge >= 0.3 is 0 Å². The van der Waals surface area contributed by atoms with Crippen LogP contribution in [0.15, 0.2) is 0 Å². The summed E-state index contributed by atoms with van der Waals surface area (Å²) in [5, 5.41) is 6.73. The van der Waals surface area contributed by atoms with Crippen molar-refractivity contribution in [3.63, 3.8) is 0 Å². The Morgan fingerprint density at radius 2 is 2.71 bits per heavy atom. The summed E-state index contributed by atoms with van der Waals surface area (Å²) in [6.45, 7) is 0.736. The van der Waals surface area contributed by atoms with Crippen molar-refractivity contribution in [2.24, 2.45) is 0 Å². The van der Waals surface area contributed by atoms with Crippen LogP contribution in [0.25, 0.3) is 0 Å².